The van der Waals surface area contributed by atoms with E-state index in [1.165, 1.54) is 11.6 Å². The van der Waals surface area contributed by atoms with E-state index in [1.807, 2.05) is 36.4 Å². The van der Waals surface area contributed by atoms with Crippen LogP contribution in [0.2, 0.25) is 0 Å². The Morgan fingerprint density at radius 2 is 1.83 bits per heavy atom. The van der Waals surface area contributed by atoms with Gasteiger partial charge in [0.25, 0.3) is 5.91 Å². The van der Waals surface area contributed by atoms with Gasteiger partial charge in [-0.2, -0.15) is 0 Å². The molecule has 0 aromatic heterocycles. The molecule has 5 heteroatoms. The molecule has 1 unspecified atom stereocenters. The summed E-state index contributed by atoms with van der Waals surface area (Å²) in [6.07, 6.45) is 4.99. The van der Waals surface area contributed by atoms with Crippen molar-refractivity contribution >= 4 is 23.6 Å². The number of benzene rings is 2. The van der Waals surface area contributed by atoms with E-state index in [0.29, 0.717) is 12.2 Å². The van der Waals surface area contributed by atoms with Gasteiger partial charge in [-0.05, 0) is 80.6 Å². The quantitative estimate of drug-likeness (QED) is 0.517. The Kier molecular flexibility index (Phi) is 7.28. The second kappa shape index (κ2) is 10.1. The van der Waals surface area contributed by atoms with E-state index in [4.69, 9.17) is 4.74 Å². The number of fused-ring (bicyclic) bond motifs is 1. The summed E-state index contributed by atoms with van der Waals surface area (Å²) in [5.74, 6) is -0.389. The van der Waals surface area contributed by atoms with Crippen LogP contribution in [0.3, 0.4) is 0 Å². The molecule has 5 nitrogen and oxygen atoms in total. The van der Waals surface area contributed by atoms with Crippen molar-refractivity contribution in [2.45, 2.75) is 39.7 Å². The number of rotatable bonds is 8. The molecule has 0 bridgehead atoms. The highest BCUT2D eigenvalue weighted by Gasteiger charge is 2.24. The Morgan fingerprint density at radius 1 is 1.10 bits per heavy atom. The van der Waals surface area contributed by atoms with Crippen molar-refractivity contribution in [3.8, 4) is 0 Å². The van der Waals surface area contributed by atoms with E-state index in [-0.39, 0.29) is 17.9 Å². The Morgan fingerprint density at radius 3 is 2.50 bits per heavy atom. The third kappa shape index (κ3) is 5.09. The van der Waals surface area contributed by atoms with Crippen LogP contribution in [0.5, 0.6) is 0 Å². The maximum absolute atomic E-state index is 12.7. The fourth-order valence-electron chi connectivity index (χ4n) is 3.90. The van der Waals surface area contributed by atoms with Crippen LogP contribution < -0.4 is 10.2 Å². The van der Waals surface area contributed by atoms with Gasteiger partial charge in [0.15, 0.2) is 0 Å². The average molecular weight is 407 g/mol. The highest BCUT2D eigenvalue weighted by atomic mass is 16.5. The lowest BCUT2D eigenvalue weighted by Gasteiger charge is -2.21. The zero-order valence-electron chi connectivity index (χ0n) is 18.0. The third-order valence-electron chi connectivity index (χ3n) is 5.51. The summed E-state index contributed by atoms with van der Waals surface area (Å²) in [5.41, 5.74) is 5.12. The number of carbonyl (C=O) groups excluding carboxylic acids is 2. The topological polar surface area (TPSA) is 58.6 Å². The van der Waals surface area contributed by atoms with Crippen LogP contribution in [-0.2, 0) is 16.0 Å². The molecule has 0 aliphatic heterocycles. The van der Waals surface area contributed by atoms with Crippen molar-refractivity contribution < 1.29 is 14.3 Å². The number of anilines is 1. The van der Waals surface area contributed by atoms with Crippen LogP contribution >= 0.6 is 0 Å². The molecule has 1 N–H and O–H groups in total. The van der Waals surface area contributed by atoms with Gasteiger partial charge in [-0.25, -0.2) is 4.79 Å². The van der Waals surface area contributed by atoms with E-state index < -0.39 is 0 Å². The summed E-state index contributed by atoms with van der Waals surface area (Å²) in [4.78, 5) is 26.5. The molecule has 158 valence electrons. The minimum atomic E-state index is -0.338. The maximum Gasteiger partial charge on any atom is 0.330 e. The molecule has 1 atom stereocenters. The second-order valence-electron chi connectivity index (χ2n) is 7.33. The van der Waals surface area contributed by atoms with Crippen LogP contribution in [0.4, 0.5) is 5.69 Å². The van der Waals surface area contributed by atoms with Crippen LogP contribution in [0.1, 0.15) is 60.3 Å². The van der Waals surface area contributed by atoms with Gasteiger partial charge in [0, 0.05) is 30.4 Å². The first-order valence-corrected chi connectivity index (χ1v) is 10.7. The zero-order chi connectivity index (χ0) is 21.5. The lowest BCUT2D eigenvalue weighted by Crippen LogP contribution is -2.27. The first-order chi connectivity index (χ1) is 14.5. The predicted molar refractivity (Wildman–Crippen MR) is 121 cm³/mol. The molecule has 3 rings (SSSR count). The number of nitrogens with zero attached hydrogens (tertiary/aromatic N) is 1. The molecule has 0 spiro atoms. The van der Waals surface area contributed by atoms with Crippen LogP contribution in [0.25, 0.3) is 6.08 Å². The number of nitrogens with one attached hydrogen (secondary N) is 1. The smallest absolute Gasteiger partial charge is 0.330 e. The highest BCUT2D eigenvalue weighted by molar-refractivity contribution is 5.95. The van der Waals surface area contributed by atoms with Crippen molar-refractivity contribution in [1.29, 1.82) is 0 Å². The molecule has 1 aliphatic rings. The Labute approximate surface area is 178 Å². The molecule has 0 saturated carbocycles. The zero-order valence-corrected chi connectivity index (χ0v) is 18.0. The van der Waals surface area contributed by atoms with Crippen LogP contribution in [0, 0.1) is 0 Å². The van der Waals surface area contributed by atoms with E-state index in [1.54, 1.807) is 13.0 Å². The molecule has 2 aromatic carbocycles. The molecule has 1 amide bonds. The SMILES string of the molecule is CCOC(=O)/C=C/c1ccc2c(c1)CCC2NC(=O)c1ccc(N(CC)CC)cc1. The molecule has 1 aliphatic carbocycles. The summed E-state index contributed by atoms with van der Waals surface area (Å²) in [5, 5.41) is 3.17. The van der Waals surface area contributed by atoms with Crippen molar-refractivity contribution in [3.05, 3.63) is 70.8 Å². The fraction of sp³-hybridized carbons (Fsp3) is 0.360. The normalized spacial score (nSPS) is 15.1. The number of ether oxygens (including phenoxy) is 1. The Hall–Kier alpha value is -3.08. The second-order valence-corrected chi connectivity index (χ2v) is 7.33. The van der Waals surface area contributed by atoms with Crippen LogP contribution in [-0.4, -0.2) is 31.6 Å². The van der Waals surface area contributed by atoms with E-state index in [9.17, 15) is 9.59 Å². The molecule has 2 aromatic rings. The minimum Gasteiger partial charge on any atom is -0.463 e. The monoisotopic (exact) mass is 406 g/mol. The lowest BCUT2D eigenvalue weighted by molar-refractivity contribution is -0.137. The predicted octanol–water partition coefficient (Wildman–Crippen LogP) is 4.53. The number of amides is 1. The summed E-state index contributed by atoms with van der Waals surface area (Å²) < 4.78 is 4.92. The van der Waals surface area contributed by atoms with Crippen molar-refractivity contribution in [3.63, 3.8) is 0 Å². The lowest BCUT2D eigenvalue weighted by atomic mass is 10.0. The van der Waals surface area contributed by atoms with Gasteiger partial charge in [0.1, 0.15) is 0 Å². The van der Waals surface area contributed by atoms with E-state index >= 15 is 0 Å². The molecular formula is C25H30N2O3. The van der Waals surface area contributed by atoms with Gasteiger partial charge < -0.3 is 15.0 Å². The van der Waals surface area contributed by atoms with Gasteiger partial charge >= 0.3 is 5.97 Å². The van der Waals surface area contributed by atoms with Gasteiger partial charge in [-0.1, -0.05) is 18.2 Å². The summed E-state index contributed by atoms with van der Waals surface area (Å²) >= 11 is 0. The Bertz CT molecular complexity index is 914. The van der Waals surface area contributed by atoms with E-state index in [2.05, 4.69) is 30.1 Å². The molecule has 0 fully saturated rings. The third-order valence-corrected chi connectivity index (χ3v) is 5.51. The molecule has 30 heavy (non-hydrogen) atoms. The molecular weight excluding hydrogens is 376 g/mol. The van der Waals surface area contributed by atoms with Gasteiger partial charge in [-0.3, -0.25) is 4.79 Å². The summed E-state index contributed by atoms with van der Waals surface area (Å²) in [6, 6.07) is 13.9. The van der Waals surface area contributed by atoms with Gasteiger partial charge in [0.05, 0.1) is 12.6 Å². The molecule has 0 radical (unpaired) electrons. The van der Waals surface area contributed by atoms with Crippen molar-refractivity contribution in [1.82, 2.24) is 5.32 Å². The fourth-order valence-corrected chi connectivity index (χ4v) is 3.90. The standard InChI is InChI=1S/C25H30N2O3/c1-4-27(5-2)21-12-9-19(10-13-21)25(29)26-23-15-11-20-17-18(7-14-22(20)23)8-16-24(28)30-6-3/h7-10,12-14,16-17,23H,4-6,11,15H2,1-3H3,(H,26,29)/b16-8+. The summed E-state index contributed by atoms with van der Waals surface area (Å²) in [6.45, 7) is 8.29. The molecule has 0 saturated heterocycles. The number of aryl methyl sites for hydroxylation is 1. The molecule has 0 heterocycles. The number of hydrogen-bond acceptors (Lipinski definition) is 4. The van der Waals surface area contributed by atoms with Crippen molar-refractivity contribution in [2.75, 3.05) is 24.6 Å². The maximum atomic E-state index is 12.7. The number of esters is 1. The average Bonchev–Trinajstić information content (AvgIpc) is 3.16. The number of hydrogen-bond donors (Lipinski definition) is 1. The van der Waals surface area contributed by atoms with Gasteiger partial charge in [-0.15, -0.1) is 0 Å². The first-order valence-electron chi connectivity index (χ1n) is 10.7. The minimum absolute atomic E-state index is 0.0121. The van der Waals surface area contributed by atoms with Gasteiger partial charge in [0.2, 0.25) is 0 Å². The summed E-state index contributed by atoms with van der Waals surface area (Å²) in [7, 11) is 0. The van der Waals surface area contributed by atoms with Crippen LogP contribution in [0.15, 0.2) is 48.5 Å². The van der Waals surface area contributed by atoms with Crippen molar-refractivity contribution in [2.24, 2.45) is 0 Å². The number of carbonyl (C=O) groups is 2. The largest absolute Gasteiger partial charge is 0.463 e. The Balaban J connectivity index is 1.65. The highest BCUT2D eigenvalue weighted by Crippen LogP contribution is 2.32. The first kappa shape index (κ1) is 21.6. The van der Waals surface area contributed by atoms with E-state index in [0.717, 1.165) is 42.7 Å².